The molecule has 2 aromatic carbocycles. The van der Waals surface area contributed by atoms with E-state index in [1.807, 2.05) is 0 Å². The van der Waals surface area contributed by atoms with Gasteiger partial charge in [-0.3, -0.25) is 19.4 Å². The maximum Gasteiger partial charge on any atom is 0.258 e. The van der Waals surface area contributed by atoms with Gasteiger partial charge in [-0.25, -0.2) is 0 Å². The highest BCUT2D eigenvalue weighted by Crippen LogP contribution is 2.30. The highest BCUT2D eigenvalue weighted by molar-refractivity contribution is 9.10. The molecule has 10 heteroatoms. The molecular weight excluding hydrogens is 474 g/mol. The zero-order chi connectivity index (χ0) is 21.3. The van der Waals surface area contributed by atoms with Crippen molar-refractivity contribution in [2.24, 2.45) is 0 Å². The second-order valence-electron chi connectivity index (χ2n) is 6.61. The standard InChI is InChI=1S/C20H15BrClN5O3/c21-10-1-5-12(6-2-10)23-18(29)14-9-15(28)25-17-16(14)19(30)27-20(26-17)24-13-7-3-11(22)4-8-13/h1-8,14H,9H2,(H,23,29)(H3,24,25,26,27,28,30)/t14-/m0/s1. The molecule has 0 spiro atoms. The van der Waals surface area contributed by atoms with Crippen molar-refractivity contribution in [3.05, 3.63) is 73.9 Å². The van der Waals surface area contributed by atoms with Gasteiger partial charge in [-0.2, -0.15) is 4.98 Å². The molecule has 1 aliphatic heterocycles. The topological polar surface area (TPSA) is 116 Å². The molecule has 0 fully saturated rings. The Labute approximate surface area is 184 Å². The number of amides is 2. The maximum absolute atomic E-state index is 12.8. The van der Waals surface area contributed by atoms with Crippen molar-refractivity contribution in [2.45, 2.75) is 12.3 Å². The number of carbonyl (C=O) groups is 2. The lowest BCUT2D eigenvalue weighted by atomic mass is 9.92. The van der Waals surface area contributed by atoms with Crippen molar-refractivity contribution in [3.8, 4) is 0 Å². The van der Waals surface area contributed by atoms with Gasteiger partial charge in [-0.15, -0.1) is 0 Å². The Kier molecular flexibility index (Phi) is 5.56. The van der Waals surface area contributed by atoms with Gasteiger partial charge in [0.2, 0.25) is 17.8 Å². The molecule has 4 rings (SSSR count). The number of halogens is 2. The van der Waals surface area contributed by atoms with Crippen LogP contribution < -0.4 is 21.5 Å². The second-order valence-corrected chi connectivity index (χ2v) is 7.96. The van der Waals surface area contributed by atoms with Crippen LogP contribution in [0.1, 0.15) is 17.9 Å². The fraction of sp³-hybridized carbons (Fsp3) is 0.100. The van der Waals surface area contributed by atoms with Gasteiger partial charge in [0.15, 0.2) is 0 Å². The molecule has 1 aliphatic rings. The van der Waals surface area contributed by atoms with E-state index in [1.54, 1.807) is 48.5 Å². The minimum atomic E-state index is -0.960. The van der Waals surface area contributed by atoms with E-state index in [1.165, 1.54) is 0 Å². The number of aromatic nitrogens is 2. The summed E-state index contributed by atoms with van der Waals surface area (Å²) in [5.41, 5.74) is 0.814. The minimum Gasteiger partial charge on any atom is -0.326 e. The number of hydrogen-bond acceptors (Lipinski definition) is 5. The summed E-state index contributed by atoms with van der Waals surface area (Å²) >= 11 is 9.20. The smallest absolute Gasteiger partial charge is 0.258 e. The van der Waals surface area contributed by atoms with E-state index in [9.17, 15) is 14.4 Å². The summed E-state index contributed by atoms with van der Waals surface area (Å²) in [6.07, 6.45) is -0.149. The Hall–Kier alpha value is -3.17. The maximum atomic E-state index is 12.8. The third kappa shape index (κ3) is 4.37. The zero-order valence-corrected chi connectivity index (χ0v) is 17.7. The van der Waals surface area contributed by atoms with Gasteiger partial charge in [0.25, 0.3) is 5.56 Å². The lowest BCUT2D eigenvalue weighted by molar-refractivity contribution is -0.123. The molecule has 0 unspecified atom stereocenters. The molecule has 0 saturated heterocycles. The van der Waals surface area contributed by atoms with E-state index >= 15 is 0 Å². The van der Waals surface area contributed by atoms with E-state index in [4.69, 9.17) is 11.6 Å². The molecule has 152 valence electrons. The Balaban J connectivity index is 1.62. The number of hydrogen-bond donors (Lipinski definition) is 4. The Bertz CT molecular complexity index is 1180. The van der Waals surface area contributed by atoms with Crippen LogP contribution in [0.3, 0.4) is 0 Å². The minimum absolute atomic E-state index is 0.0578. The van der Waals surface area contributed by atoms with Gasteiger partial charge in [-0.05, 0) is 48.5 Å². The van der Waals surface area contributed by atoms with Crippen LogP contribution in [0, 0.1) is 0 Å². The van der Waals surface area contributed by atoms with E-state index in [-0.39, 0.29) is 23.8 Å². The predicted molar refractivity (Wildman–Crippen MR) is 118 cm³/mol. The first-order valence-electron chi connectivity index (χ1n) is 8.92. The van der Waals surface area contributed by atoms with Crippen LogP contribution >= 0.6 is 27.5 Å². The first kappa shape index (κ1) is 20.1. The number of fused-ring (bicyclic) bond motifs is 1. The van der Waals surface area contributed by atoms with Crippen LogP contribution in [0.15, 0.2) is 57.8 Å². The largest absolute Gasteiger partial charge is 0.326 e. The molecule has 0 radical (unpaired) electrons. The van der Waals surface area contributed by atoms with Crippen LogP contribution in [0.25, 0.3) is 0 Å². The fourth-order valence-corrected chi connectivity index (χ4v) is 3.48. The molecule has 0 saturated carbocycles. The molecule has 1 aromatic heterocycles. The monoisotopic (exact) mass is 487 g/mol. The normalized spacial score (nSPS) is 15.1. The molecule has 4 N–H and O–H groups in total. The molecule has 1 atom stereocenters. The lowest BCUT2D eigenvalue weighted by Gasteiger charge is -2.23. The number of anilines is 4. The molecule has 0 bridgehead atoms. The summed E-state index contributed by atoms with van der Waals surface area (Å²) in [7, 11) is 0. The summed E-state index contributed by atoms with van der Waals surface area (Å²) in [4.78, 5) is 44.6. The van der Waals surface area contributed by atoms with Crippen LogP contribution in [0.2, 0.25) is 5.02 Å². The first-order chi connectivity index (χ1) is 14.4. The van der Waals surface area contributed by atoms with Crippen molar-refractivity contribution in [1.82, 2.24) is 9.97 Å². The molecule has 2 amide bonds. The zero-order valence-electron chi connectivity index (χ0n) is 15.3. The lowest BCUT2D eigenvalue weighted by Crippen LogP contribution is -2.36. The predicted octanol–water partition coefficient (Wildman–Crippen LogP) is 3.99. The highest BCUT2D eigenvalue weighted by atomic mass is 79.9. The van der Waals surface area contributed by atoms with Crippen LogP contribution in [-0.2, 0) is 9.59 Å². The SMILES string of the molecule is O=C1C[C@H](C(=O)Nc2ccc(Br)cc2)c2c(nc(Nc3ccc(Cl)cc3)[nH]c2=O)N1. The molecular formula is C20H15BrClN5O3. The van der Waals surface area contributed by atoms with E-state index in [0.29, 0.717) is 16.4 Å². The first-order valence-corrected chi connectivity index (χ1v) is 10.1. The molecule has 8 nitrogen and oxygen atoms in total. The molecule has 3 aromatic rings. The van der Waals surface area contributed by atoms with Gasteiger partial charge in [0, 0.05) is 27.3 Å². The average Bonchev–Trinajstić information content (AvgIpc) is 2.70. The number of rotatable bonds is 4. The van der Waals surface area contributed by atoms with Gasteiger partial charge in [-0.1, -0.05) is 27.5 Å². The summed E-state index contributed by atoms with van der Waals surface area (Å²) in [5, 5.41) is 8.83. The van der Waals surface area contributed by atoms with Gasteiger partial charge >= 0.3 is 0 Å². The van der Waals surface area contributed by atoms with Crippen LogP contribution in [0.4, 0.5) is 23.1 Å². The third-order valence-electron chi connectivity index (χ3n) is 4.49. The van der Waals surface area contributed by atoms with Crippen molar-refractivity contribution in [1.29, 1.82) is 0 Å². The van der Waals surface area contributed by atoms with E-state index in [2.05, 4.69) is 41.8 Å². The fourth-order valence-electron chi connectivity index (χ4n) is 3.09. The van der Waals surface area contributed by atoms with Crippen molar-refractivity contribution < 1.29 is 9.59 Å². The third-order valence-corrected chi connectivity index (χ3v) is 5.27. The number of nitrogens with one attached hydrogen (secondary N) is 4. The van der Waals surface area contributed by atoms with Crippen molar-refractivity contribution in [2.75, 3.05) is 16.0 Å². The molecule has 0 aliphatic carbocycles. The number of carbonyl (C=O) groups excluding carboxylic acids is 2. The van der Waals surface area contributed by atoms with E-state index in [0.717, 1.165) is 4.47 Å². The Morgan fingerprint density at radius 3 is 2.43 bits per heavy atom. The van der Waals surface area contributed by atoms with Gasteiger partial charge < -0.3 is 16.0 Å². The van der Waals surface area contributed by atoms with Crippen LogP contribution in [-0.4, -0.2) is 21.8 Å². The second kappa shape index (κ2) is 8.29. The number of aromatic amines is 1. The van der Waals surface area contributed by atoms with Crippen LogP contribution in [0.5, 0.6) is 0 Å². The average molecular weight is 489 g/mol. The summed E-state index contributed by atoms with van der Waals surface area (Å²) in [5.74, 6) is -1.62. The number of nitrogens with zero attached hydrogens (tertiary/aromatic N) is 1. The Morgan fingerprint density at radius 2 is 1.73 bits per heavy atom. The van der Waals surface area contributed by atoms with E-state index < -0.39 is 23.3 Å². The Morgan fingerprint density at radius 1 is 1.07 bits per heavy atom. The summed E-state index contributed by atoms with van der Waals surface area (Å²) in [6.45, 7) is 0. The summed E-state index contributed by atoms with van der Waals surface area (Å²) < 4.78 is 0.865. The highest BCUT2D eigenvalue weighted by Gasteiger charge is 2.34. The van der Waals surface area contributed by atoms with Gasteiger partial charge in [0.05, 0.1) is 11.5 Å². The van der Waals surface area contributed by atoms with Crippen molar-refractivity contribution >= 4 is 62.5 Å². The molecule has 30 heavy (non-hydrogen) atoms. The number of benzene rings is 2. The summed E-state index contributed by atoms with van der Waals surface area (Å²) in [6, 6.07) is 13.8. The molecule has 2 heterocycles. The van der Waals surface area contributed by atoms with Crippen molar-refractivity contribution in [3.63, 3.8) is 0 Å². The quantitative estimate of drug-likeness (QED) is 0.443. The number of H-pyrrole nitrogens is 1. The van der Waals surface area contributed by atoms with Gasteiger partial charge in [0.1, 0.15) is 5.82 Å².